The molecular formula is C23H24ClN3O6S2. The highest BCUT2D eigenvalue weighted by Gasteiger charge is 2.35. The summed E-state index contributed by atoms with van der Waals surface area (Å²) in [6.07, 6.45) is 3.58. The number of aliphatic hydroxyl groups excluding tert-OH is 1. The monoisotopic (exact) mass is 537 g/mol. The molecule has 9 nitrogen and oxygen atoms in total. The summed E-state index contributed by atoms with van der Waals surface area (Å²) in [5.74, 6) is 0.0956. The van der Waals surface area contributed by atoms with Gasteiger partial charge in [0.1, 0.15) is 18.7 Å². The number of carbonyl (C=O) groups is 1. The van der Waals surface area contributed by atoms with Gasteiger partial charge in [-0.1, -0.05) is 17.7 Å². The lowest BCUT2D eigenvalue weighted by molar-refractivity contribution is 0.100. The van der Waals surface area contributed by atoms with Gasteiger partial charge in [0.2, 0.25) is 5.78 Å². The fourth-order valence-corrected chi connectivity index (χ4v) is 5.55. The molecule has 3 N–H and O–H groups in total. The highest BCUT2D eigenvalue weighted by molar-refractivity contribution is 7.84. The Morgan fingerprint density at radius 3 is 2.89 bits per heavy atom. The third kappa shape index (κ3) is 7.06. The van der Waals surface area contributed by atoms with Crippen LogP contribution in [0.25, 0.3) is 0 Å². The molecule has 0 spiro atoms. The summed E-state index contributed by atoms with van der Waals surface area (Å²) in [5, 5.41) is 17.6. The van der Waals surface area contributed by atoms with Gasteiger partial charge in [0, 0.05) is 22.7 Å². The van der Waals surface area contributed by atoms with Crippen molar-refractivity contribution in [1.29, 1.82) is 0 Å². The maximum Gasteiger partial charge on any atom is 0.333 e. The number of aliphatic hydroxyl groups is 1. The normalized spacial score (nSPS) is 20.1. The summed E-state index contributed by atoms with van der Waals surface area (Å²) < 4.78 is 32.5. The first-order valence-electron chi connectivity index (χ1n) is 10.8. The number of ketones is 1. The molecule has 186 valence electrons. The topological polar surface area (TPSA) is 142 Å². The molecule has 1 aliphatic carbocycles. The number of carbonyl (C=O) groups excluding carboxylic acids is 1. The van der Waals surface area contributed by atoms with Crippen molar-refractivity contribution in [2.75, 3.05) is 6.61 Å². The number of benzene rings is 1. The second kappa shape index (κ2) is 11.1. The predicted molar refractivity (Wildman–Crippen MR) is 131 cm³/mol. The second-order valence-corrected chi connectivity index (χ2v) is 11.0. The van der Waals surface area contributed by atoms with E-state index in [1.807, 2.05) is 11.4 Å². The van der Waals surface area contributed by atoms with Crippen LogP contribution in [0.5, 0.6) is 5.75 Å². The number of nitrogens with zero attached hydrogens (tertiary/aromatic N) is 2. The maximum atomic E-state index is 13.2. The molecule has 0 aliphatic heterocycles. The van der Waals surface area contributed by atoms with E-state index in [9.17, 15) is 18.3 Å². The Kier molecular flexibility index (Phi) is 8.15. The van der Waals surface area contributed by atoms with Crippen LogP contribution in [-0.4, -0.2) is 42.0 Å². The summed E-state index contributed by atoms with van der Waals surface area (Å²) in [6.45, 7) is 0.117. The molecule has 3 atom stereocenters. The number of halogens is 1. The third-order valence-electron chi connectivity index (χ3n) is 5.80. The molecule has 1 aromatic carbocycles. The number of rotatable bonds is 10. The Hall–Kier alpha value is -2.41. The minimum atomic E-state index is -4.07. The largest absolute Gasteiger partial charge is 0.489 e. The van der Waals surface area contributed by atoms with Gasteiger partial charge in [-0.2, -0.15) is 8.42 Å². The average Bonchev–Trinajstić information content (AvgIpc) is 3.42. The number of aromatic nitrogens is 2. The molecule has 2 aromatic heterocycles. The molecule has 12 heteroatoms. The summed E-state index contributed by atoms with van der Waals surface area (Å²) in [7, 11) is -4.07. The first-order chi connectivity index (χ1) is 16.7. The number of nitrogens with two attached hydrogens (primary N) is 1. The highest BCUT2D eigenvalue weighted by atomic mass is 35.5. The Bertz CT molecular complexity index is 1300. The minimum absolute atomic E-state index is 0.00511. The van der Waals surface area contributed by atoms with E-state index in [1.165, 1.54) is 23.9 Å². The van der Waals surface area contributed by atoms with Gasteiger partial charge in [-0.3, -0.25) is 8.98 Å². The first-order valence-corrected chi connectivity index (χ1v) is 13.6. The minimum Gasteiger partial charge on any atom is -0.489 e. The van der Waals surface area contributed by atoms with Gasteiger partial charge in [0.25, 0.3) is 0 Å². The van der Waals surface area contributed by atoms with E-state index < -0.39 is 16.4 Å². The third-order valence-corrected chi connectivity index (χ3v) is 7.48. The number of hydrogen-bond donors (Lipinski definition) is 2. The summed E-state index contributed by atoms with van der Waals surface area (Å²) >= 11 is 7.30. The standard InChI is InChI=1S/C23H24ClN3O6S2/c24-17-2-1-3-18(8-17)32-10-15-7-22(34-12-15)23(29)19-9-26-13-27-20(19)5-14-4-16(21(28)6-14)11-33-35(25,30)31/h1-3,7-9,12-14,16,21,28H,4-6,10-11H2,(H2,25,30,31)/t14-,16+,21-/m0/s1. The van der Waals surface area contributed by atoms with Crippen molar-refractivity contribution in [1.82, 2.24) is 9.97 Å². The summed E-state index contributed by atoms with van der Waals surface area (Å²) in [5.41, 5.74) is 1.84. The van der Waals surface area contributed by atoms with Crippen molar-refractivity contribution in [3.63, 3.8) is 0 Å². The number of hydrogen-bond acceptors (Lipinski definition) is 9. The smallest absolute Gasteiger partial charge is 0.333 e. The molecule has 0 saturated heterocycles. The molecule has 4 rings (SSSR count). The zero-order valence-corrected chi connectivity index (χ0v) is 20.9. The Morgan fingerprint density at radius 2 is 2.11 bits per heavy atom. The van der Waals surface area contributed by atoms with Crippen LogP contribution in [0.4, 0.5) is 0 Å². The predicted octanol–water partition coefficient (Wildman–Crippen LogP) is 3.15. The second-order valence-electron chi connectivity index (χ2n) is 8.42. The van der Waals surface area contributed by atoms with E-state index in [-0.39, 0.29) is 24.2 Å². The van der Waals surface area contributed by atoms with Crippen LogP contribution in [0.1, 0.15) is 39.3 Å². The molecule has 3 aromatic rings. The Balaban J connectivity index is 1.40. The van der Waals surface area contributed by atoms with Crippen LogP contribution in [0.2, 0.25) is 5.02 Å². The van der Waals surface area contributed by atoms with E-state index in [2.05, 4.69) is 14.2 Å². The zero-order chi connectivity index (χ0) is 25.0. The molecule has 1 fully saturated rings. The van der Waals surface area contributed by atoms with Gasteiger partial charge in [-0.05, 0) is 54.8 Å². The quantitative estimate of drug-likeness (QED) is 0.376. The number of thiophene rings is 1. The van der Waals surface area contributed by atoms with Crippen LogP contribution in [-0.2, 0) is 27.5 Å². The van der Waals surface area contributed by atoms with Crippen molar-refractivity contribution < 1.29 is 27.2 Å². The van der Waals surface area contributed by atoms with Crippen molar-refractivity contribution >= 4 is 39.0 Å². The average molecular weight is 538 g/mol. The summed E-state index contributed by atoms with van der Waals surface area (Å²) in [6, 6.07) is 8.88. The fourth-order valence-electron chi connectivity index (χ4n) is 4.15. The number of ether oxygens (including phenoxy) is 1. The van der Waals surface area contributed by atoms with Gasteiger partial charge >= 0.3 is 10.3 Å². The zero-order valence-electron chi connectivity index (χ0n) is 18.5. The van der Waals surface area contributed by atoms with Gasteiger partial charge in [0.15, 0.2) is 0 Å². The highest BCUT2D eigenvalue weighted by Crippen LogP contribution is 2.34. The SMILES string of the molecule is NS(=O)(=O)OC[C@H]1C[C@@H](Cc2ncncc2C(=O)c2cc(COc3cccc(Cl)c3)cs2)C[C@@H]1O. The van der Waals surface area contributed by atoms with Crippen LogP contribution in [0, 0.1) is 11.8 Å². The van der Waals surface area contributed by atoms with Gasteiger partial charge < -0.3 is 9.84 Å². The lowest BCUT2D eigenvalue weighted by Gasteiger charge is -2.13. The van der Waals surface area contributed by atoms with Gasteiger partial charge in [0.05, 0.1) is 28.8 Å². The molecule has 2 heterocycles. The van der Waals surface area contributed by atoms with Crippen LogP contribution in [0.3, 0.4) is 0 Å². The van der Waals surface area contributed by atoms with E-state index in [1.54, 1.807) is 24.3 Å². The van der Waals surface area contributed by atoms with Crippen LogP contribution in [0.15, 0.2) is 48.2 Å². The van der Waals surface area contributed by atoms with Gasteiger partial charge in [-0.15, -0.1) is 11.3 Å². The van der Waals surface area contributed by atoms with Gasteiger partial charge in [-0.25, -0.2) is 15.1 Å². The van der Waals surface area contributed by atoms with Crippen LogP contribution < -0.4 is 9.88 Å². The molecule has 35 heavy (non-hydrogen) atoms. The van der Waals surface area contributed by atoms with E-state index in [0.29, 0.717) is 52.8 Å². The molecule has 0 bridgehead atoms. The van der Waals surface area contributed by atoms with Crippen molar-refractivity contribution in [3.8, 4) is 5.75 Å². The molecular weight excluding hydrogens is 514 g/mol. The molecule has 0 amide bonds. The fraction of sp³-hybridized carbons (Fsp3) is 0.348. The van der Waals surface area contributed by atoms with E-state index >= 15 is 0 Å². The first kappa shape index (κ1) is 25.7. The lowest BCUT2D eigenvalue weighted by atomic mass is 9.96. The molecule has 1 aliphatic rings. The summed E-state index contributed by atoms with van der Waals surface area (Å²) in [4.78, 5) is 22.1. The Morgan fingerprint density at radius 1 is 1.29 bits per heavy atom. The lowest BCUT2D eigenvalue weighted by Crippen LogP contribution is -2.24. The molecule has 1 saturated carbocycles. The maximum absolute atomic E-state index is 13.2. The van der Waals surface area contributed by atoms with E-state index in [4.69, 9.17) is 21.5 Å². The molecule has 0 radical (unpaired) electrons. The van der Waals surface area contributed by atoms with E-state index in [0.717, 1.165) is 5.56 Å². The van der Waals surface area contributed by atoms with Crippen LogP contribution >= 0.6 is 22.9 Å². The van der Waals surface area contributed by atoms with Crippen molar-refractivity contribution in [2.24, 2.45) is 17.0 Å². The Labute approximate surface area is 212 Å². The molecule has 0 unspecified atom stereocenters. The van der Waals surface area contributed by atoms with Crippen molar-refractivity contribution in [3.05, 3.63) is 75.0 Å². The van der Waals surface area contributed by atoms with Crippen molar-refractivity contribution in [2.45, 2.75) is 32.0 Å².